The van der Waals surface area contributed by atoms with Crippen molar-refractivity contribution in [2.24, 2.45) is 5.92 Å². The lowest BCUT2D eigenvalue weighted by atomic mass is 9.81. The first-order valence-electron chi connectivity index (χ1n) is 8.44. The fraction of sp³-hybridized carbons (Fsp3) is 0.444. The highest BCUT2D eigenvalue weighted by Gasteiger charge is 2.42. The number of rotatable bonds is 3. The fourth-order valence-electron chi connectivity index (χ4n) is 3.88. The number of halogens is 1. The maximum atomic E-state index is 13.7. The summed E-state index contributed by atoms with van der Waals surface area (Å²) in [5.41, 5.74) is 2.25. The Hall–Kier alpha value is -1.95. The highest BCUT2D eigenvalue weighted by molar-refractivity contribution is 7.80. The topological polar surface area (TPSA) is 48.1 Å². The van der Waals surface area contributed by atoms with Gasteiger partial charge in [-0.3, -0.25) is 9.69 Å². The van der Waals surface area contributed by atoms with Crippen molar-refractivity contribution >= 4 is 34.1 Å². The minimum atomic E-state index is -0.876. The van der Waals surface area contributed by atoms with E-state index in [1.807, 2.05) is 24.4 Å². The van der Waals surface area contributed by atoms with Gasteiger partial charge >= 0.3 is 0 Å². The molecule has 1 aromatic carbocycles. The molecule has 4 nitrogen and oxygen atoms in total. The van der Waals surface area contributed by atoms with Crippen molar-refractivity contribution in [1.82, 2.24) is 15.2 Å². The first kappa shape index (κ1) is 15.6. The molecule has 1 aliphatic carbocycles. The molecule has 2 aromatic rings. The van der Waals surface area contributed by atoms with Crippen LogP contribution in [0.2, 0.25) is 0 Å². The average Bonchev–Trinajstić information content (AvgIpc) is 2.99. The normalized spacial score (nSPS) is 27.2. The summed E-state index contributed by atoms with van der Waals surface area (Å²) in [5, 5.41) is 4.90. The summed E-state index contributed by atoms with van der Waals surface area (Å²) in [6, 6.07) is 8.10. The minimum Gasteiger partial charge on any atom is -0.361 e. The summed E-state index contributed by atoms with van der Waals surface area (Å²) in [7, 11) is 0. The van der Waals surface area contributed by atoms with Crippen LogP contribution in [0.1, 0.15) is 24.8 Å². The molecule has 1 amide bonds. The van der Waals surface area contributed by atoms with Crippen molar-refractivity contribution in [3.63, 3.8) is 0 Å². The predicted octanol–water partition coefficient (Wildman–Crippen LogP) is 2.93. The number of nitrogens with one attached hydrogen (secondary N) is 2. The third kappa shape index (κ3) is 2.69. The van der Waals surface area contributed by atoms with Crippen LogP contribution in [0.15, 0.2) is 30.5 Å². The second-order valence-electron chi connectivity index (χ2n) is 6.67. The number of carbonyl (C=O) groups is 1. The Kier molecular flexibility index (Phi) is 4.00. The van der Waals surface area contributed by atoms with Crippen molar-refractivity contribution in [3.8, 4) is 0 Å². The van der Waals surface area contributed by atoms with Gasteiger partial charge in [0.15, 0.2) is 5.11 Å². The Bertz CT molecular complexity index is 789. The van der Waals surface area contributed by atoms with Gasteiger partial charge in [0.2, 0.25) is 5.91 Å². The summed E-state index contributed by atoms with van der Waals surface area (Å²) in [6.45, 7) is 0.521. The summed E-state index contributed by atoms with van der Waals surface area (Å²) >= 11 is 5.39. The summed E-state index contributed by atoms with van der Waals surface area (Å²) < 4.78 is 13.7. The molecular formula is C18H20FN3OS. The summed E-state index contributed by atoms with van der Waals surface area (Å²) in [4.78, 5) is 17.6. The van der Waals surface area contributed by atoms with Crippen molar-refractivity contribution < 1.29 is 9.18 Å². The van der Waals surface area contributed by atoms with Gasteiger partial charge in [0.25, 0.3) is 0 Å². The van der Waals surface area contributed by atoms with Gasteiger partial charge in [-0.25, -0.2) is 4.39 Å². The molecule has 0 radical (unpaired) electrons. The Morgan fingerprint density at radius 3 is 3.00 bits per heavy atom. The van der Waals surface area contributed by atoms with Crippen molar-refractivity contribution in [2.75, 3.05) is 6.54 Å². The van der Waals surface area contributed by atoms with Gasteiger partial charge in [-0.1, -0.05) is 18.2 Å². The third-order valence-electron chi connectivity index (χ3n) is 5.20. The Morgan fingerprint density at radius 1 is 1.29 bits per heavy atom. The van der Waals surface area contributed by atoms with E-state index in [4.69, 9.17) is 12.2 Å². The average molecular weight is 345 g/mol. The van der Waals surface area contributed by atoms with Gasteiger partial charge in [-0.05, 0) is 49.5 Å². The zero-order chi connectivity index (χ0) is 16.7. The lowest BCUT2D eigenvalue weighted by Gasteiger charge is -2.42. The first-order valence-corrected chi connectivity index (χ1v) is 8.85. The van der Waals surface area contributed by atoms with E-state index in [1.165, 1.54) is 5.39 Å². The Balaban J connectivity index is 1.49. The number of alkyl halides is 1. The quantitative estimate of drug-likeness (QED) is 0.841. The second-order valence-corrected chi connectivity index (χ2v) is 7.06. The van der Waals surface area contributed by atoms with Gasteiger partial charge in [0.05, 0.1) is 5.92 Å². The smallest absolute Gasteiger partial charge is 0.234 e. The SMILES string of the molecule is O=C1C2CC(F)CCC2NC(=S)N1CCc1c[nH]c2ccccc12. The van der Waals surface area contributed by atoms with E-state index in [0.717, 1.165) is 11.1 Å². The van der Waals surface area contributed by atoms with Crippen LogP contribution in [-0.2, 0) is 11.2 Å². The largest absolute Gasteiger partial charge is 0.361 e. The number of benzene rings is 1. The number of fused-ring (bicyclic) bond motifs is 2. The van der Waals surface area contributed by atoms with E-state index in [9.17, 15) is 9.18 Å². The van der Waals surface area contributed by atoms with Gasteiger partial charge in [0.1, 0.15) is 6.17 Å². The lowest BCUT2D eigenvalue weighted by Crippen LogP contribution is -2.61. The molecule has 2 heterocycles. The molecule has 6 heteroatoms. The second kappa shape index (κ2) is 6.16. The van der Waals surface area contributed by atoms with Crippen LogP contribution in [0.3, 0.4) is 0 Å². The van der Waals surface area contributed by atoms with Crippen molar-refractivity contribution in [1.29, 1.82) is 0 Å². The monoisotopic (exact) mass is 345 g/mol. The zero-order valence-electron chi connectivity index (χ0n) is 13.3. The van der Waals surface area contributed by atoms with Crippen LogP contribution < -0.4 is 5.32 Å². The number of hydrogen-bond donors (Lipinski definition) is 2. The van der Waals surface area contributed by atoms with Crippen LogP contribution in [0.4, 0.5) is 4.39 Å². The molecule has 3 atom stereocenters. The van der Waals surface area contributed by atoms with Gasteiger partial charge in [-0.15, -0.1) is 0 Å². The molecule has 2 aliphatic rings. The van der Waals surface area contributed by atoms with E-state index in [1.54, 1.807) is 4.90 Å². The van der Waals surface area contributed by atoms with E-state index in [0.29, 0.717) is 37.3 Å². The number of aromatic amines is 1. The molecular weight excluding hydrogens is 325 g/mol. The van der Waals surface area contributed by atoms with E-state index in [-0.39, 0.29) is 17.9 Å². The Labute approximate surface area is 145 Å². The fourth-order valence-corrected chi connectivity index (χ4v) is 4.22. The molecule has 1 saturated carbocycles. The number of thiocarbonyl (C=S) groups is 1. The van der Waals surface area contributed by atoms with E-state index < -0.39 is 6.17 Å². The molecule has 2 N–H and O–H groups in total. The number of amides is 1. The van der Waals surface area contributed by atoms with Crippen LogP contribution >= 0.6 is 12.2 Å². The standard InChI is InChI=1S/C18H20FN3OS/c19-12-5-6-16-14(9-12)17(23)22(18(24)21-16)8-7-11-10-20-15-4-2-1-3-13(11)15/h1-4,10,12,14,16,20H,5-9H2,(H,21,24). The number of para-hydroxylation sites is 1. The number of nitrogens with zero attached hydrogens (tertiary/aromatic N) is 1. The number of H-pyrrole nitrogens is 1. The first-order chi connectivity index (χ1) is 11.6. The minimum absolute atomic E-state index is 0.00124. The molecule has 0 bridgehead atoms. The molecule has 126 valence electrons. The van der Waals surface area contributed by atoms with Crippen LogP contribution in [0, 0.1) is 5.92 Å². The number of aromatic nitrogens is 1. The van der Waals surface area contributed by atoms with Crippen LogP contribution in [-0.4, -0.2) is 39.7 Å². The van der Waals surface area contributed by atoms with Crippen LogP contribution in [0.25, 0.3) is 10.9 Å². The summed E-state index contributed by atoms with van der Waals surface area (Å²) in [5.74, 6) is -0.311. The lowest BCUT2D eigenvalue weighted by molar-refractivity contribution is -0.135. The van der Waals surface area contributed by atoms with E-state index in [2.05, 4.69) is 16.4 Å². The highest BCUT2D eigenvalue weighted by atomic mass is 32.1. The zero-order valence-corrected chi connectivity index (χ0v) is 14.1. The summed E-state index contributed by atoms with van der Waals surface area (Å²) in [6.07, 6.45) is 3.32. The molecule has 1 aromatic heterocycles. The molecule has 2 fully saturated rings. The third-order valence-corrected chi connectivity index (χ3v) is 5.54. The van der Waals surface area contributed by atoms with Crippen molar-refractivity contribution in [3.05, 3.63) is 36.0 Å². The van der Waals surface area contributed by atoms with E-state index >= 15 is 0 Å². The molecule has 1 saturated heterocycles. The van der Waals surface area contributed by atoms with Gasteiger partial charge < -0.3 is 10.3 Å². The highest BCUT2D eigenvalue weighted by Crippen LogP contribution is 2.31. The number of hydrogen-bond acceptors (Lipinski definition) is 2. The number of carbonyl (C=O) groups excluding carboxylic acids is 1. The molecule has 24 heavy (non-hydrogen) atoms. The van der Waals surface area contributed by atoms with Crippen molar-refractivity contribution in [2.45, 2.75) is 37.9 Å². The molecule has 0 spiro atoms. The molecule has 1 aliphatic heterocycles. The Morgan fingerprint density at radius 2 is 2.12 bits per heavy atom. The maximum Gasteiger partial charge on any atom is 0.234 e. The molecule has 3 unspecified atom stereocenters. The van der Waals surface area contributed by atoms with Crippen LogP contribution in [0.5, 0.6) is 0 Å². The van der Waals surface area contributed by atoms with Gasteiger partial charge in [-0.2, -0.15) is 0 Å². The maximum absolute atomic E-state index is 13.7. The predicted molar refractivity (Wildman–Crippen MR) is 95.5 cm³/mol. The van der Waals surface area contributed by atoms with Gasteiger partial charge in [0, 0.05) is 29.7 Å². The molecule has 4 rings (SSSR count).